The maximum absolute atomic E-state index is 14.4. The van der Waals surface area contributed by atoms with Gasteiger partial charge in [0.1, 0.15) is 23.4 Å². The van der Waals surface area contributed by atoms with E-state index in [0.29, 0.717) is 29.2 Å². The quantitative estimate of drug-likeness (QED) is 0.349. The van der Waals surface area contributed by atoms with Crippen molar-refractivity contribution >= 4 is 35.4 Å². The number of aryl methyl sites for hydroxylation is 2. The molecular formula is C31H45N3O5S. The first-order valence-corrected chi connectivity index (χ1v) is 14.8. The molecule has 0 heterocycles. The van der Waals surface area contributed by atoms with Crippen LogP contribution in [0.3, 0.4) is 0 Å². The van der Waals surface area contributed by atoms with Crippen molar-refractivity contribution in [2.45, 2.75) is 85.0 Å². The fourth-order valence-electron chi connectivity index (χ4n) is 4.37. The number of nitrogens with one attached hydrogen (secondary N) is 2. The zero-order valence-electron chi connectivity index (χ0n) is 25.5. The first kappa shape index (κ1) is 33.0. The second kappa shape index (κ2) is 13.9. The highest BCUT2D eigenvalue weighted by Gasteiger charge is 2.42. The number of benzene rings is 2. The Labute approximate surface area is 243 Å². The summed E-state index contributed by atoms with van der Waals surface area (Å²) in [4.78, 5) is 42.8. The van der Waals surface area contributed by atoms with Gasteiger partial charge in [0, 0.05) is 11.2 Å². The van der Waals surface area contributed by atoms with Gasteiger partial charge in [-0.05, 0) is 109 Å². The molecule has 3 amide bonds. The summed E-state index contributed by atoms with van der Waals surface area (Å²) < 4.78 is 10.7. The van der Waals surface area contributed by atoms with Gasteiger partial charge in [-0.25, -0.2) is 4.79 Å². The normalized spacial score (nSPS) is 13.2. The van der Waals surface area contributed by atoms with Gasteiger partial charge in [0.05, 0.1) is 7.11 Å². The van der Waals surface area contributed by atoms with Crippen molar-refractivity contribution < 1.29 is 23.9 Å². The first-order valence-electron chi connectivity index (χ1n) is 13.4. The Bertz CT molecular complexity index is 1170. The number of alkyl carbamates (subject to hydrolysis) is 1. The molecule has 0 bridgehead atoms. The average Bonchev–Trinajstić information content (AvgIpc) is 2.83. The summed E-state index contributed by atoms with van der Waals surface area (Å²) in [5.41, 5.74) is 1.73. The minimum absolute atomic E-state index is 0.359. The molecule has 0 spiro atoms. The molecule has 2 N–H and O–H groups in total. The van der Waals surface area contributed by atoms with E-state index in [1.54, 1.807) is 68.8 Å². The number of nitrogens with zero attached hydrogens (tertiary/aromatic N) is 1. The maximum Gasteiger partial charge on any atom is 0.408 e. The molecule has 0 aromatic heterocycles. The van der Waals surface area contributed by atoms with Crippen LogP contribution >= 0.6 is 11.8 Å². The highest BCUT2D eigenvalue weighted by atomic mass is 32.2. The molecule has 0 saturated carbocycles. The van der Waals surface area contributed by atoms with Gasteiger partial charge in [0.25, 0.3) is 5.91 Å². The van der Waals surface area contributed by atoms with Crippen molar-refractivity contribution in [1.29, 1.82) is 0 Å². The van der Waals surface area contributed by atoms with E-state index < -0.39 is 29.3 Å². The van der Waals surface area contributed by atoms with E-state index >= 15 is 0 Å². The lowest BCUT2D eigenvalue weighted by Crippen LogP contribution is -2.58. The van der Waals surface area contributed by atoms with Crippen LogP contribution in [0.25, 0.3) is 0 Å². The standard InChI is InChI=1S/C31H45N3O5S/c1-20-11-16-24(21(2)19-20)26(27(35)32-22-12-14-23(38-9)15-13-22)34(30(3,4)5)28(36)25(17-18-40-10)33-29(37)39-31(6,7)8/h11-16,19,25-26H,17-18H2,1-10H3,(H,32,35)(H,33,37). The number of amides is 3. The van der Waals surface area contributed by atoms with Crippen molar-refractivity contribution in [1.82, 2.24) is 10.2 Å². The van der Waals surface area contributed by atoms with Crippen molar-refractivity contribution in [3.05, 3.63) is 59.2 Å². The fraction of sp³-hybridized carbons (Fsp3) is 0.516. The van der Waals surface area contributed by atoms with Crippen LogP contribution in [0.2, 0.25) is 0 Å². The lowest BCUT2D eigenvalue weighted by Gasteiger charge is -2.43. The van der Waals surface area contributed by atoms with Gasteiger partial charge >= 0.3 is 6.09 Å². The monoisotopic (exact) mass is 571 g/mol. The topological polar surface area (TPSA) is 97.0 Å². The first-order chi connectivity index (χ1) is 18.6. The number of ether oxygens (including phenoxy) is 2. The Balaban J connectivity index is 2.60. The molecule has 0 aliphatic carbocycles. The predicted octanol–water partition coefficient (Wildman–Crippen LogP) is 6.27. The molecule has 2 aromatic carbocycles. The number of methoxy groups -OCH3 is 1. The maximum atomic E-state index is 14.4. The summed E-state index contributed by atoms with van der Waals surface area (Å²) in [6.07, 6.45) is 1.65. The SMILES string of the molecule is COc1ccc(NC(=O)C(c2ccc(C)cc2C)N(C(=O)C(CCSC)NC(=O)OC(C)(C)C)C(C)(C)C)cc1. The third kappa shape index (κ3) is 9.47. The predicted molar refractivity (Wildman–Crippen MR) is 163 cm³/mol. The summed E-state index contributed by atoms with van der Waals surface area (Å²) in [6, 6.07) is 11.0. The van der Waals surface area contributed by atoms with Gasteiger partial charge in [0.15, 0.2) is 0 Å². The Morgan fingerprint density at radius 1 is 0.975 bits per heavy atom. The molecule has 0 aliphatic heterocycles. The van der Waals surface area contributed by atoms with Gasteiger partial charge in [-0.2, -0.15) is 11.8 Å². The Morgan fingerprint density at radius 3 is 2.10 bits per heavy atom. The van der Waals surface area contributed by atoms with E-state index in [9.17, 15) is 14.4 Å². The molecule has 0 saturated heterocycles. The van der Waals surface area contributed by atoms with Gasteiger partial charge < -0.3 is 25.0 Å². The van der Waals surface area contributed by atoms with Crippen LogP contribution in [-0.2, 0) is 14.3 Å². The van der Waals surface area contributed by atoms with Crippen LogP contribution < -0.4 is 15.4 Å². The van der Waals surface area contributed by atoms with E-state index in [4.69, 9.17) is 9.47 Å². The van der Waals surface area contributed by atoms with E-state index in [2.05, 4.69) is 10.6 Å². The van der Waals surface area contributed by atoms with Crippen molar-refractivity contribution in [3.63, 3.8) is 0 Å². The Morgan fingerprint density at radius 2 is 1.60 bits per heavy atom. The van der Waals surface area contributed by atoms with Gasteiger partial charge in [0.2, 0.25) is 5.91 Å². The van der Waals surface area contributed by atoms with E-state index in [1.165, 1.54) is 0 Å². The smallest absolute Gasteiger partial charge is 0.408 e. The molecule has 8 nitrogen and oxygen atoms in total. The Hall–Kier alpha value is -3.20. The van der Waals surface area contributed by atoms with Crippen molar-refractivity contribution in [2.24, 2.45) is 0 Å². The second-order valence-corrected chi connectivity index (χ2v) is 12.8. The minimum Gasteiger partial charge on any atom is -0.497 e. The third-order valence-corrected chi connectivity index (χ3v) is 6.79. The lowest BCUT2D eigenvalue weighted by atomic mass is 9.92. The summed E-state index contributed by atoms with van der Waals surface area (Å²) in [5, 5.41) is 5.77. The van der Waals surface area contributed by atoms with Crippen LogP contribution in [0.1, 0.15) is 70.7 Å². The molecule has 0 radical (unpaired) electrons. The second-order valence-electron chi connectivity index (χ2n) is 11.8. The Kier molecular flexibility index (Phi) is 11.5. The number of hydrogen-bond acceptors (Lipinski definition) is 6. The third-order valence-electron chi connectivity index (χ3n) is 6.14. The highest BCUT2D eigenvalue weighted by molar-refractivity contribution is 7.98. The van der Waals surface area contributed by atoms with Crippen LogP contribution in [-0.4, -0.2) is 59.1 Å². The number of thioether (sulfide) groups is 1. The van der Waals surface area contributed by atoms with Crippen molar-refractivity contribution in [3.8, 4) is 5.75 Å². The summed E-state index contributed by atoms with van der Waals surface area (Å²) in [7, 11) is 1.58. The average molecular weight is 572 g/mol. The van der Waals surface area contributed by atoms with E-state index in [-0.39, 0.29) is 11.8 Å². The molecule has 0 aliphatic rings. The van der Waals surface area contributed by atoms with Gasteiger partial charge in [-0.1, -0.05) is 23.8 Å². The molecule has 2 aromatic rings. The van der Waals surface area contributed by atoms with Crippen LogP contribution in [0.15, 0.2) is 42.5 Å². The number of carbonyl (C=O) groups excluding carboxylic acids is 3. The van der Waals surface area contributed by atoms with Gasteiger partial charge in [-0.3, -0.25) is 9.59 Å². The molecule has 220 valence electrons. The summed E-state index contributed by atoms with van der Waals surface area (Å²) in [6.45, 7) is 14.9. The minimum atomic E-state index is -0.965. The number of carbonyl (C=O) groups is 3. The molecule has 0 fully saturated rings. The van der Waals surface area contributed by atoms with E-state index in [1.807, 2.05) is 59.1 Å². The number of hydrogen-bond donors (Lipinski definition) is 2. The largest absolute Gasteiger partial charge is 0.497 e. The van der Waals surface area contributed by atoms with Crippen molar-refractivity contribution in [2.75, 3.05) is 24.4 Å². The highest BCUT2D eigenvalue weighted by Crippen LogP contribution is 2.33. The fourth-order valence-corrected chi connectivity index (χ4v) is 4.84. The molecule has 40 heavy (non-hydrogen) atoms. The molecule has 2 rings (SSSR count). The lowest BCUT2D eigenvalue weighted by molar-refractivity contribution is -0.146. The number of anilines is 1. The zero-order valence-corrected chi connectivity index (χ0v) is 26.3. The summed E-state index contributed by atoms with van der Waals surface area (Å²) >= 11 is 1.57. The van der Waals surface area contributed by atoms with E-state index in [0.717, 1.165) is 11.1 Å². The molecule has 9 heteroatoms. The zero-order chi connectivity index (χ0) is 30.3. The van der Waals surface area contributed by atoms with Crippen LogP contribution in [0.4, 0.5) is 10.5 Å². The molecular weight excluding hydrogens is 526 g/mol. The molecule has 2 atom stereocenters. The van der Waals surface area contributed by atoms with Crippen LogP contribution in [0.5, 0.6) is 5.75 Å². The molecule has 2 unspecified atom stereocenters. The van der Waals surface area contributed by atoms with Crippen LogP contribution in [0, 0.1) is 13.8 Å². The number of rotatable bonds is 10. The van der Waals surface area contributed by atoms with Gasteiger partial charge in [-0.15, -0.1) is 0 Å². The summed E-state index contributed by atoms with van der Waals surface area (Å²) in [5.74, 6) is 0.583.